The summed E-state index contributed by atoms with van der Waals surface area (Å²) in [6.45, 7) is 1.69. The topological polar surface area (TPSA) is 73.2 Å². The van der Waals surface area contributed by atoms with Crippen LogP contribution >= 0.6 is 0 Å². The molecule has 1 heterocycles. The fourth-order valence-electron chi connectivity index (χ4n) is 3.43. The van der Waals surface area contributed by atoms with Crippen LogP contribution in [0.4, 0.5) is 13.2 Å². The Balaban J connectivity index is 1.97. The number of benzene rings is 1. The number of carbonyl (C=O) groups excluding carboxylic acids is 1. The molecule has 1 aliphatic rings. The van der Waals surface area contributed by atoms with Crippen LogP contribution in [0.1, 0.15) is 44.9 Å². The zero-order chi connectivity index (χ0) is 19.6. The summed E-state index contributed by atoms with van der Waals surface area (Å²) in [7, 11) is 0. The highest BCUT2D eigenvalue weighted by Crippen LogP contribution is 2.29. The second-order valence-corrected chi connectivity index (χ2v) is 6.61. The van der Waals surface area contributed by atoms with E-state index in [1.807, 2.05) is 0 Å². The largest absolute Gasteiger partial charge is 0.573 e. The van der Waals surface area contributed by atoms with Gasteiger partial charge < -0.3 is 4.74 Å². The molecule has 0 radical (unpaired) electrons. The van der Waals surface area contributed by atoms with Gasteiger partial charge in [0.05, 0.1) is 5.39 Å². The molecule has 27 heavy (non-hydrogen) atoms. The van der Waals surface area contributed by atoms with Crippen LogP contribution < -0.4 is 15.7 Å². The van der Waals surface area contributed by atoms with Crippen LogP contribution in [0.25, 0.3) is 10.9 Å². The van der Waals surface area contributed by atoms with E-state index in [1.165, 1.54) is 12.1 Å². The number of carbonyl (C=O) groups is 1. The summed E-state index contributed by atoms with van der Waals surface area (Å²) >= 11 is 0. The maximum atomic E-state index is 12.8. The van der Waals surface area contributed by atoms with Gasteiger partial charge in [-0.25, -0.2) is 9.66 Å². The van der Waals surface area contributed by atoms with E-state index < -0.39 is 17.7 Å². The first-order valence-electron chi connectivity index (χ1n) is 8.88. The van der Waals surface area contributed by atoms with Crippen LogP contribution in [-0.2, 0) is 11.2 Å². The van der Waals surface area contributed by atoms with Gasteiger partial charge >= 0.3 is 6.36 Å². The lowest BCUT2D eigenvalue weighted by Gasteiger charge is -2.16. The Kier molecular flexibility index (Phi) is 5.38. The molecule has 0 bridgehead atoms. The fourth-order valence-corrected chi connectivity index (χ4v) is 3.43. The summed E-state index contributed by atoms with van der Waals surface area (Å²) in [4.78, 5) is 29.2. The van der Waals surface area contributed by atoms with E-state index in [9.17, 15) is 22.8 Å². The van der Waals surface area contributed by atoms with E-state index in [4.69, 9.17) is 0 Å². The number of amides is 1. The zero-order valence-corrected chi connectivity index (χ0v) is 14.8. The standard InChI is InChI=1S/C18H20F3N3O3/c1-2-14-22-16-12(8-5-9-13(16)27-18(19,20)21)17(26)24(14)23-15(25)10-11-6-3-4-7-11/h5,8-9,11H,2-4,6-7,10H2,1H3,(H,23,25). The number of rotatable bonds is 5. The molecule has 1 amide bonds. The highest BCUT2D eigenvalue weighted by atomic mass is 19.4. The van der Waals surface area contributed by atoms with E-state index in [0.717, 1.165) is 36.4 Å². The molecule has 1 aromatic heterocycles. The molecule has 146 valence electrons. The lowest BCUT2D eigenvalue weighted by Crippen LogP contribution is -2.37. The third kappa shape index (κ3) is 4.40. The average molecular weight is 383 g/mol. The smallest absolute Gasteiger partial charge is 0.403 e. The van der Waals surface area contributed by atoms with Crippen molar-refractivity contribution in [3.8, 4) is 5.75 Å². The van der Waals surface area contributed by atoms with E-state index in [0.29, 0.717) is 12.3 Å². The normalized spacial score (nSPS) is 15.3. The molecule has 1 saturated carbocycles. The minimum absolute atomic E-state index is 0.0601. The summed E-state index contributed by atoms with van der Waals surface area (Å²) in [5.41, 5.74) is 1.74. The number of aryl methyl sites for hydroxylation is 1. The highest BCUT2D eigenvalue weighted by molar-refractivity contribution is 5.86. The van der Waals surface area contributed by atoms with E-state index >= 15 is 0 Å². The van der Waals surface area contributed by atoms with Crippen molar-refractivity contribution in [2.75, 3.05) is 5.43 Å². The average Bonchev–Trinajstić information content (AvgIpc) is 3.09. The van der Waals surface area contributed by atoms with Crippen molar-refractivity contribution < 1.29 is 22.7 Å². The molecule has 3 rings (SSSR count). The lowest BCUT2D eigenvalue weighted by atomic mass is 10.0. The number of aromatic nitrogens is 2. The second-order valence-electron chi connectivity index (χ2n) is 6.61. The number of halogens is 3. The predicted octanol–water partition coefficient (Wildman–Crippen LogP) is 3.51. The molecule has 0 spiro atoms. The van der Waals surface area contributed by atoms with Gasteiger partial charge in [-0.15, -0.1) is 13.2 Å². The summed E-state index contributed by atoms with van der Waals surface area (Å²) < 4.78 is 42.8. The number of nitrogens with zero attached hydrogens (tertiary/aromatic N) is 2. The summed E-state index contributed by atoms with van der Waals surface area (Å²) in [6.07, 6.45) is -0.184. The molecule has 1 aromatic carbocycles. The van der Waals surface area contributed by atoms with Crippen LogP contribution in [0.5, 0.6) is 5.75 Å². The van der Waals surface area contributed by atoms with Crippen molar-refractivity contribution in [2.24, 2.45) is 5.92 Å². The van der Waals surface area contributed by atoms with Crippen molar-refractivity contribution in [2.45, 2.75) is 51.8 Å². The van der Waals surface area contributed by atoms with Gasteiger partial charge in [0.1, 0.15) is 11.3 Å². The molecule has 1 fully saturated rings. The predicted molar refractivity (Wildman–Crippen MR) is 93.0 cm³/mol. The molecule has 0 aliphatic heterocycles. The van der Waals surface area contributed by atoms with Crippen molar-refractivity contribution in [3.63, 3.8) is 0 Å². The van der Waals surface area contributed by atoms with Gasteiger partial charge in [0.2, 0.25) is 5.91 Å². The maximum absolute atomic E-state index is 12.8. The molecule has 6 nitrogen and oxygen atoms in total. The van der Waals surface area contributed by atoms with Gasteiger partial charge in [-0.05, 0) is 30.9 Å². The number of nitrogens with one attached hydrogen (secondary N) is 1. The van der Waals surface area contributed by atoms with Gasteiger partial charge in [0.25, 0.3) is 5.56 Å². The monoisotopic (exact) mass is 383 g/mol. The third-order valence-electron chi connectivity index (χ3n) is 4.66. The molecule has 0 saturated heterocycles. The minimum atomic E-state index is -4.90. The molecule has 9 heteroatoms. The molecular formula is C18H20F3N3O3. The number of hydrogen-bond donors (Lipinski definition) is 1. The van der Waals surface area contributed by atoms with Gasteiger partial charge in [0, 0.05) is 12.8 Å². The second kappa shape index (κ2) is 7.58. The van der Waals surface area contributed by atoms with E-state index in [1.54, 1.807) is 6.92 Å². The molecule has 1 aliphatic carbocycles. The molecule has 1 N–H and O–H groups in total. The SMILES string of the molecule is CCc1nc2c(OC(F)(F)F)cccc2c(=O)n1NC(=O)CC1CCCC1. The van der Waals surface area contributed by atoms with Crippen LogP contribution in [0.3, 0.4) is 0 Å². The first kappa shape index (κ1) is 19.2. The fraction of sp³-hybridized carbons (Fsp3) is 0.500. The van der Waals surface area contributed by atoms with Crippen molar-refractivity contribution in [1.82, 2.24) is 9.66 Å². The zero-order valence-electron chi connectivity index (χ0n) is 14.8. The summed E-state index contributed by atoms with van der Waals surface area (Å²) in [5, 5.41) is -0.0601. The van der Waals surface area contributed by atoms with Crippen molar-refractivity contribution >= 4 is 16.8 Å². The Bertz CT molecular complexity index is 902. The van der Waals surface area contributed by atoms with Gasteiger partial charge in [-0.3, -0.25) is 15.0 Å². The molecule has 0 unspecified atom stereocenters. The van der Waals surface area contributed by atoms with Crippen LogP contribution in [0.2, 0.25) is 0 Å². The van der Waals surface area contributed by atoms with Crippen LogP contribution in [-0.4, -0.2) is 21.9 Å². The van der Waals surface area contributed by atoms with E-state index in [2.05, 4.69) is 15.1 Å². The van der Waals surface area contributed by atoms with Crippen molar-refractivity contribution in [1.29, 1.82) is 0 Å². The number of hydrogen-bond acceptors (Lipinski definition) is 4. The summed E-state index contributed by atoms with van der Waals surface area (Å²) in [6, 6.07) is 3.74. The Morgan fingerprint density at radius 1 is 1.33 bits per heavy atom. The Morgan fingerprint density at radius 3 is 2.67 bits per heavy atom. The number of ether oxygens (including phenoxy) is 1. The van der Waals surface area contributed by atoms with Crippen LogP contribution in [0.15, 0.2) is 23.0 Å². The van der Waals surface area contributed by atoms with Gasteiger partial charge in [-0.1, -0.05) is 25.8 Å². The number of para-hydroxylation sites is 1. The first-order valence-corrected chi connectivity index (χ1v) is 8.88. The molecular weight excluding hydrogens is 363 g/mol. The lowest BCUT2D eigenvalue weighted by molar-refractivity contribution is -0.274. The van der Waals surface area contributed by atoms with Gasteiger partial charge in [-0.2, -0.15) is 0 Å². The summed E-state index contributed by atoms with van der Waals surface area (Å²) in [5.74, 6) is -0.393. The Hall–Kier alpha value is -2.58. The number of fused-ring (bicyclic) bond motifs is 1. The Morgan fingerprint density at radius 2 is 2.04 bits per heavy atom. The Labute approximate surface area is 153 Å². The quantitative estimate of drug-likeness (QED) is 0.858. The number of alkyl halides is 3. The minimum Gasteiger partial charge on any atom is -0.403 e. The maximum Gasteiger partial charge on any atom is 0.573 e. The molecule has 2 aromatic rings. The van der Waals surface area contributed by atoms with Crippen molar-refractivity contribution in [3.05, 3.63) is 34.4 Å². The third-order valence-corrected chi connectivity index (χ3v) is 4.66. The van der Waals surface area contributed by atoms with Gasteiger partial charge in [0.15, 0.2) is 5.75 Å². The highest BCUT2D eigenvalue weighted by Gasteiger charge is 2.32. The molecule has 0 atom stereocenters. The van der Waals surface area contributed by atoms with E-state index in [-0.39, 0.29) is 29.1 Å². The van der Waals surface area contributed by atoms with Crippen LogP contribution in [0, 0.1) is 5.92 Å². The first-order chi connectivity index (χ1) is 12.8.